The van der Waals surface area contributed by atoms with Crippen molar-refractivity contribution in [3.63, 3.8) is 0 Å². The molecule has 1 aromatic heterocycles. The minimum Gasteiger partial charge on any atom is -0.748 e. The molecule has 0 fully saturated rings. The van der Waals surface area contributed by atoms with E-state index in [1.807, 2.05) is 29.7 Å². The van der Waals surface area contributed by atoms with Crippen LogP contribution in [0.5, 0.6) is 0 Å². The fourth-order valence-electron chi connectivity index (χ4n) is 3.45. The molecule has 25 heavy (non-hydrogen) atoms. The smallest absolute Gasteiger partial charge is 0.344 e. The van der Waals surface area contributed by atoms with Gasteiger partial charge in [-0.2, -0.15) is 4.57 Å². The Balaban J connectivity index is 1.92. The Morgan fingerprint density at radius 2 is 1.76 bits per heavy atom. The van der Waals surface area contributed by atoms with Crippen LogP contribution in [0, 0.1) is 6.92 Å². The Bertz CT molecular complexity index is 1210. The molecule has 0 saturated heterocycles. The van der Waals surface area contributed by atoms with Crippen molar-refractivity contribution < 1.29 is 22.0 Å². The molecule has 0 N–H and O–H groups in total. The molecule has 6 heteroatoms. The van der Waals surface area contributed by atoms with Gasteiger partial charge in [-0.15, -0.1) is 0 Å². The van der Waals surface area contributed by atoms with Gasteiger partial charge in [0, 0.05) is 12.2 Å². The first kappa shape index (κ1) is 16.1. The minimum absolute atomic E-state index is 0.260. The van der Waals surface area contributed by atoms with Crippen LogP contribution in [0.4, 0.5) is 0 Å². The number of hydrogen-bond acceptors (Lipinski definition) is 4. The van der Waals surface area contributed by atoms with Crippen LogP contribution in [0.1, 0.15) is 12.3 Å². The highest BCUT2D eigenvalue weighted by Crippen LogP contribution is 2.30. The first-order valence-corrected chi connectivity index (χ1v) is 9.69. The number of hydrogen-bond donors (Lipinski definition) is 0. The van der Waals surface area contributed by atoms with Crippen molar-refractivity contribution in [3.05, 3.63) is 54.4 Å². The summed E-state index contributed by atoms with van der Waals surface area (Å²) in [6.45, 7) is 2.27. The van der Waals surface area contributed by atoms with E-state index >= 15 is 0 Å². The fraction of sp³-hybridized carbons (Fsp3) is 0.211. The summed E-state index contributed by atoms with van der Waals surface area (Å²) in [6.07, 6.45) is 0.260. The lowest BCUT2D eigenvalue weighted by Crippen LogP contribution is -2.36. The molecule has 1 heterocycles. The van der Waals surface area contributed by atoms with E-state index in [9.17, 15) is 13.0 Å². The summed E-state index contributed by atoms with van der Waals surface area (Å²) < 4.78 is 40.4. The number of benzene rings is 3. The molecule has 0 spiro atoms. The summed E-state index contributed by atoms with van der Waals surface area (Å²) in [5.74, 6) is 0.318. The third kappa shape index (κ3) is 2.88. The van der Waals surface area contributed by atoms with Crippen LogP contribution in [0.3, 0.4) is 0 Å². The van der Waals surface area contributed by atoms with E-state index in [-0.39, 0.29) is 12.2 Å². The highest BCUT2D eigenvalue weighted by Gasteiger charge is 2.22. The van der Waals surface area contributed by atoms with E-state index in [2.05, 4.69) is 30.3 Å². The molecule has 0 aliphatic carbocycles. The van der Waals surface area contributed by atoms with Gasteiger partial charge in [-0.25, -0.2) is 8.42 Å². The first-order valence-electron chi connectivity index (χ1n) is 8.11. The molecule has 0 aliphatic heterocycles. The zero-order valence-electron chi connectivity index (χ0n) is 13.7. The summed E-state index contributed by atoms with van der Waals surface area (Å²) in [5.41, 5.74) is 1.69. The quantitative estimate of drug-likeness (QED) is 0.320. The highest BCUT2D eigenvalue weighted by atomic mass is 32.2. The Morgan fingerprint density at radius 1 is 1.00 bits per heavy atom. The maximum Gasteiger partial charge on any atom is 0.344 e. The Labute approximate surface area is 145 Å². The van der Waals surface area contributed by atoms with E-state index in [0.717, 1.165) is 27.3 Å². The van der Waals surface area contributed by atoms with Gasteiger partial charge in [-0.05, 0) is 34.4 Å². The van der Waals surface area contributed by atoms with E-state index in [0.29, 0.717) is 12.4 Å². The van der Waals surface area contributed by atoms with Crippen molar-refractivity contribution in [2.45, 2.75) is 19.9 Å². The summed E-state index contributed by atoms with van der Waals surface area (Å²) in [6, 6.07) is 16.3. The van der Waals surface area contributed by atoms with Crippen molar-refractivity contribution in [1.29, 1.82) is 0 Å². The molecule has 0 radical (unpaired) electrons. The molecule has 5 nitrogen and oxygen atoms in total. The largest absolute Gasteiger partial charge is 0.748 e. The lowest BCUT2D eigenvalue weighted by molar-refractivity contribution is -0.681. The standard InChI is InChI=1S/C19H17NO4S/c1-13-20(11-4-12-25(21,22)23)19-17-8-7-14-5-2-3-6-15(14)16(17)9-10-18(19)24-13/h2-3,5-10H,4,11-12H2,1H3. The van der Waals surface area contributed by atoms with Crippen molar-refractivity contribution in [3.8, 4) is 0 Å². The number of nitrogens with zero attached hydrogens (tertiary/aromatic N) is 1. The van der Waals surface area contributed by atoms with Gasteiger partial charge in [0.15, 0.2) is 6.54 Å². The average Bonchev–Trinajstić information content (AvgIpc) is 2.89. The second-order valence-corrected chi connectivity index (χ2v) is 7.71. The van der Waals surface area contributed by atoms with Gasteiger partial charge in [-0.3, -0.25) is 0 Å². The number of aromatic nitrogens is 1. The number of rotatable bonds is 4. The Kier molecular flexibility index (Phi) is 3.74. The molecule has 3 aromatic carbocycles. The summed E-state index contributed by atoms with van der Waals surface area (Å²) >= 11 is 0. The van der Waals surface area contributed by atoms with E-state index < -0.39 is 10.1 Å². The third-order valence-corrected chi connectivity index (χ3v) is 5.33. The zero-order valence-corrected chi connectivity index (χ0v) is 14.5. The molecule has 0 saturated carbocycles. The maximum absolute atomic E-state index is 10.9. The van der Waals surface area contributed by atoms with E-state index in [4.69, 9.17) is 4.42 Å². The van der Waals surface area contributed by atoms with Gasteiger partial charge in [-0.1, -0.05) is 30.3 Å². The lowest BCUT2D eigenvalue weighted by atomic mass is 10.0. The van der Waals surface area contributed by atoms with Crippen LogP contribution >= 0.6 is 0 Å². The summed E-state index contributed by atoms with van der Waals surface area (Å²) in [7, 11) is -4.21. The average molecular weight is 355 g/mol. The normalized spacial score (nSPS) is 12.4. The highest BCUT2D eigenvalue weighted by molar-refractivity contribution is 7.85. The molecule has 0 atom stereocenters. The summed E-state index contributed by atoms with van der Waals surface area (Å²) in [5, 5.41) is 4.50. The monoisotopic (exact) mass is 355 g/mol. The van der Waals surface area contributed by atoms with Crippen LogP contribution in [0.15, 0.2) is 52.9 Å². The number of oxazole rings is 1. The molecule has 4 aromatic rings. The Hall–Kier alpha value is -2.44. The molecular formula is C19H17NO4S. The topological polar surface area (TPSA) is 74.2 Å². The SMILES string of the molecule is Cc1oc2ccc3c4ccccc4ccc3c2[n+]1CCCS(=O)(=O)[O-]. The molecular weight excluding hydrogens is 338 g/mol. The van der Waals surface area contributed by atoms with E-state index in [1.165, 1.54) is 5.39 Å². The number of aryl methyl sites for hydroxylation is 2. The molecule has 0 amide bonds. The lowest BCUT2D eigenvalue weighted by Gasteiger charge is -2.05. The van der Waals surface area contributed by atoms with Gasteiger partial charge in [0.25, 0.3) is 5.52 Å². The van der Waals surface area contributed by atoms with Crippen LogP contribution in [-0.4, -0.2) is 18.7 Å². The number of fused-ring (bicyclic) bond motifs is 5. The second-order valence-electron chi connectivity index (χ2n) is 6.18. The van der Waals surface area contributed by atoms with E-state index in [1.54, 1.807) is 0 Å². The first-order chi connectivity index (χ1) is 11.9. The van der Waals surface area contributed by atoms with Gasteiger partial charge >= 0.3 is 5.89 Å². The van der Waals surface area contributed by atoms with Crippen molar-refractivity contribution in [2.24, 2.45) is 0 Å². The predicted molar refractivity (Wildman–Crippen MR) is 95.3 cm³/mol. The molecule has 4 rings (SSSR count). The predicted octanol–water partition coefficient (Wildman–Crippen LogP) is 3.27. The van der Waals surface area contributed by atoms with Gasteiger partial charge in [0.05, 0.1) is 22.4 Å². The van der Waals surface area contributed by atoms with Crippen LogP contribution in [0.2, 0.25) is 0 Å². The van der Waals surface area contributed by atoms with Gasteiger partial charge in [0.2, 0.25) is 5.58 Å². The third-order valence-electron chi connectivity index (χ3n) is 4.54. The molecule has 0 aliphatic rings. The maximum atomic E-state index is 10.9. The van der Waals surface area contributed by atoms with Crippen molar-refractivity contribution >= 4 is 42.8 Å². The fourth-order valence-corrected chi connectivity index (χ4v) is 3.94. The zero-order chi connectivity index (χ0) is 17.6. The van der Waals surface area contributed by atoms with Crippen molar-refractivity contribution in [1.82, 2.24) is 0 Å². The second kappa shape index (κ2) is 5.82. The minimum atomic E-state index is -4.21. The summed E-state index contributed by atoms with van der Waals surface area (Å²) in [4.78, 5) is 0. The van der Waals surface area contributed by atoms with Crippen LogP contribution in [0.25, 0.3) is 32.6 Å². The van der Waals surface area contributed by atoms with Crippen LogP contribution < -0.4 is 4.57 Å². The van der Waals surface area contributed by atoms with Gasteiger partial charge in [0.1, 0.15) is 0 Å². The van der Waals surface area contributed by atoms with Crippen molar-refractivity contribution in [2.75, 3.05) is 5.75 Å². The van der Waals surface area contributed by atoms with Gasteiger partial charge < -0.3 is 8.97 Å². The molecule has 0 unspecified atom stereocenters. The Morgan fingerprint density at radius 3 is 2.56 bits per heavy atom. The molecule has 128 valence electrons. The van der Waals surface area contributed by atoms with Crippen LogP contribution in [-0.2, 0) is 16.7 Å². The molecule has 0 bridgehead atoms.